The summed E-state index contributed by atoms with van der Waals surface area (Å²) in [6.07, 6.45) is 6.46. The van der Waals surface area contributed by atoms with Crippen molar-refractivity contribution < 1.29 is 14.3 Å². The minimum absolute atomic E-state index is 0.0376. The lowest BCUT2D eigenvalue weighted by Crippen LogP contribution is -2.45. The number of ether oxygens (including phenoxy) is 1. The van der Waals surface area contributed by atoms with E-state index in [0.29, 0.717) is 13.1 Å². The largest absolute Gasteiger partial charge is 0.361 e. The van der Waals surface area contributed by atoms with E-state index in [1.807, 2.05) is 49.2 Å². The van der Waals surface area contributed by atoms with Crippen LogP contribution < -0.4 is 5.32 Å². The number of nitrogens with zero attached hydrogens (tertiary/aromatic N) is 1. The van der Waals surface area contributed by atoms with Gasteiger partial charge in [-0.2, -0.15) is 0 Å². The highest BCUT2D eigenvalue weighted by Crippen LogP contribution is 2.51. The van der Waals surface area contributed by atoms with E-state index in [4.69, 9.17) is 4.74 Å². The number of nitrogens with one attached hydrogen (secondary N) is 2. The fraction of sp³-hybridized carbons (Fsp3) is 0.455. The van der Waals surface area contributed by atoms with Crippen molar-refractivity contribution in [2.45, 2.75) is 38.0 Å². The molecule has 2 fully saturated rings. The maximum absolute atomic E-state index is 13.2. The molecule has 2 amide bonds. The number of rotatable bonds is 5. The van der Waals surface area contributed by atoms with Gasteiger partial charge in [0.05, 0.1) is 24.5 Å². The Morgan fingerprint density at radius 2 is 2.21 bits per heavy atom. The Balaban J connectivity index is 1.34. The molecule has 1 aromatic heterocycles. The number of H-pyrrole nitrogens is 1. The molecule has 28 heavy (non-hydrogen) atoms. The molecule has 1 spiro atoms. The van der Waals surface area contributed by atoms with Crippen LogP contribution in [0, 0.1) is 11.8 Å². The number of hydrogen-bond donors (Lipinski definition) is 2. The van der Waals surface area contributed by atoms with Crippen molar-refractivity contribution in [1.82, 2.24) is 15.2 Å². The Kier molecular flexibility index (Phi) is 3.88. The molecular formula is C22H25N3O3. The Hall–Kier alpha value is -2.60. The Bertz CT molecular complexity index is 978. The predicted octanol–water partition coefficient (Wildman–Crippen LogP) is 2.02. The number of carbonyl (C=O) groups excluding carboxylic acids is 2. The van der Waals surface area contributed by atoms with Gasteiger partial charge in [0.1, 0.15) is 5.60 Å². The molecule has 6 nitrogen and oxygen atoms in total. The summed E-state index contributed by atoms with van der Waals surface area (Å²) in [6.45, 7) is 5.01. The minimum atomic E-state index is -0.638. The molecule has 0 saturated carbocycles. The molecule has 0 aliphatic carbocycles. The molecule has 2 bridgehead atoms. The van der Waals surface area contributed by atoms with Crippen LogP contribution in [0.3, 0.4) is 0 Å². The minimum Gasteiger partial charge on any atom is -0.361 e. The van der Waals surface area contributed by atoms with Crippen molar-refractivity contribution in [3.05, 3.63) is 48.2 Å². The highest BCUT2D eigenvalue weighted by atomic mass is 16.5. The van der Waals surface area contributed by atoms with Gasteiger partial charge in [-0.05, 0) is 31.9 Å². The first-order valence-corrected chi connectivity index (χ1v) is 10.00. The summed E-state index contributed by atoms with van der Waals surface area (Å²) in [5.74, 6) is -0.888. The number of likely N-dealkylation sites (tertiary alicyclic amines) is 1. The predicted molar refractivity (Wildman–Crippen MR) is 106 cm³/mol. The summed E-state index contributed by atoms with van der Waals surface area (Å²) < 4.78 is 6.17. The number of hydrogen-bond acceptors (Lipinski definition) is 3. The first kappa shape index (κ1) is 17.5. The molecule has 3 aliphatic heterocycles. The Morgan fingerprint density at radius 3 is 3.04 bits per heavy atom. The van der Waals surface area contributed by atoms with Gasteiger partial charge in [-0.25, -0.2) is 0 Å². The monoisotopic (exact) mass is 379 g/mol. The number of aromatic amines is 1. The molecule has 2 aromatic rings. The number of carbonyl (C=O) groups is 2. The lowest BCUT2D eigenvalue weighted by molar-refractivity contribution is -0.137. The standard InChI is InChI=1S/C22H25N3O3/c1-13(2)24-20(26)18-17-7-9-22(28-17)12-25(21(27)19(18)22)10-8-14-11-23-16-6-4-3-5-15(14)16/h3-7,9,11,13,17-19,23H,8,10,12H2,1-2H3,(H,24,26)/t17-,18-,19+,22+/m0/s1. The normalized spacial score (nSPS) is 30.6. The lowest BCUT2D eigenvalue weighted by Gasteiger charge is -2.24. The average Bonchev–Trinajstić information content (AvgIpc) is 3.39. The van der Waals surface area contributed by atoms with E-state index in [2.05, 4.69) is 22.4 Å². The van der Waals surface area contributed by atoms with Crippen LogP contribution in [0.2, 0.25) is 0 Å². The van der Waals surface area contributed by atoms with E-state index < -0.39 is 17.4 Å². The molecular weight excluding hydrogens is 354 g/mol. The van der Waals surface area contributed by atoms with Crippen LogP contribution in [0.15, 0.2) is 42.6 Å². The number of fused-ring (bicyclic) bond motifs is 2. The number of amides is 2. The van der Waals surface area contributed by atoms with E-state index in [0.717, 1.165) is 11.9 Å². The summed E-state index contributed by atoms with van der Waals surface area (Å²) in [5, 5.41) is 4.15. The Labute approximate surface area is 163 Å². The fourth-order valence-corrected chi connectivity index (χ4v) is 5.04. The summed E-state index contributed by atoms with van der Waals surface area (Å²) in [7, 11) is 0. The third kappa shape index (κ3) is 2.51. The molecule has 6 heteroatoms. The Morgan fingerprint density at radius 1 is 1.39 bits per heavy atom. The number of benzene rings is 1. The zero-order valence-electron chi connectivity index (χ0n) is 16.1. The van der Waals surface area contributed by atoms with Crippen LogP contribution in [-0.2, 0) is 20.7 Å². The van der Waals surface area contributed by atoms with Crippen molar-refractivity contribution in [1.29, 1.82) is 0 Å². The molecule has 5 rings (SSSR count). The van der Waals surface area contributed by atoms with Crippen molar-refractivity contribution in [2.75, 3.05) is 13.1 Å². The van der Waals surface area contributed by atoms with Gasteiger partial charge in [0.25, 0.3) is 0 Å². The van der Waals surface area contributed by atoms with Gasteiger partial charge in [-0.3, -0.25) is 9.59 Å². The molecule has 0 unspecified atom stereocenters. The van der Waals surface area contributed by atoms with Crippen molar-refractivity contribution >= 4 is 22.7 Å². The highest BCUT2D eigenvalue weighted by molar-refractivity contribution is 5.93. The number of aromatic nitrogens is 1. The topological polar surface area (TPSA) is 74.4 Å². The van der Waals surface area contributed by atoms with Crippen LogP contribution in [0.25, 0.3) is 10.9 Å². The van der Waals surface area contributed by atoms with Gasteiger partial charge in [-0.1, -0.05) is 30.4 Å². The molecule has 2 N–H and O–H groups in total. The maximum Gasteiger partial charge on any atom is 0.230 e. The van der Waals surface area contributed by atoms with Crippen LogP contribution >= 0.6 is 0 Å². The van der Waals surface area contributed by atoms with Gasteiger partial charge < -0.3 is 19.9 Å². The van der Waals surface area contributed by atoms with Gasteiger partial charge >= 0.3 is 0 Å². The van der Waals surface area contributed by atoms with Crippen LogP contribution in [0.1, 0.15) is 19.4 Å². The molecule has 2 saturated heterocycles. The summed E-state index contributed by atoms with van der Waals surface area (Å²) >= 11 is 0. The van der Waals surface area contributed by atoms with Crippen molar-refractivity contribution in [2.24, 2.45) is 11.8 Å². The molecule has 3 aliphatic rings. The van der Waals surface area contributed by atoms with Crippen molar-refractivity contribution in [3.63, 3.8) is 0 Å². The van der Waals surface area contributed by atoms with Gasteiger partial charge in [-0.15, -0.1) is 0 Å². The second kappa shape index (κ2) is 6.21. The van der Waals surface area contributed by atoms with E-state index in [9.17, 15) is 9.59 Å². The zero-order valence-corrected chi connectivity index (χ0v) is 16.1. The second-order valence-electron chi connectivity index (χ2n) is 8.43. The SMILES string of the molecule is CC(C)NC(=O)[C@H]1[C@@H]2C=C[C@]3(CN(CCc4c[nH]c5ccccc45)C(=O)[C@@H]13)O2. The van der Waals surface area contributed by atoms with E-state index in [1.54, 1.807) is 0 Å². The second-order valence-corrected chi connectivity index (χ2v) is 8.43. The lowest BCUT2D eigenvalue weighted by atomic mass is 9.76. The third-order valence-corrected chi connectivity index (χ3v) is 6.24. The first-order chi connectivity index (χ1) is 13.5. The molecule has 4 heterocycles. The summed E-state index contributed by atoms with van der Waals surface area (Å²) in [5.41, 5.74) is 1.67. The summed E-state index contributed by atoms with van der Waals surface area (Å²) in [4.78, 5) is 31.1. The van der Waals surface area contributed by atoms with E-state index in [1.165, 1.54) is 10.9 Å². The maximum atomic E-state index is 13.2. The zero-order chi connectivity index (χ0) is 19.5. The average molecular weight is 379 g/mol. The van der Waals surface area contributed by atoms with Gasteiger partial charge in [0.2, 0.25) is 11.8 Å². The van der Waals surface area contributed by atoms with Crippen LogP contribution in [0.5, 0.6) is 0 Å². The summed E-state index contributed by atoms with van der Waals surface area (Å²) in [6, 6.07) is 8.23. The molecule has 1 aromatic carbocycles. The van der Waals surface area contributed by atoms with E-state index >= 15 is 0 Å². The third-order valence-electron chi connectivity index (χ3n) is 6.24. The van der Waals surface area contributed by atoms with Gasteiger partial charge in [0, 0.05) is 29.7 Å². The van der Waals surface area contributed by atoms with Crippen LogP contribution in [-0.4, -0.2) is 52.5 Å². The number of para-hydroxylation sites is 1. The van der Waals surface area contributed by atoms with Crippen LogP contribution in [0.4, 0.5) is 0 Å². The molecule has 4 atom stereocenters. The first-order valence-electron chi connectivity index (χ1n) is 10.00. The smallest absolute Gasteiger partial charge is 0.230 e. The molecule has 0 radical (unpaired) electrons. The van der Waals surface area contributed by atoms with Gasteiger partial charge in [0.15, 0.2) is 0 Å². The molecule has 146 valence electrons. The van der Waals surface area contributed by atoms with E-state index in [-0.39, 0.29) is 24.0 Å². The highest BCUT2D eigenvalue weighted by Gasteiger charge is 2.66. The quantitative estimate of drug-likeness (QED) is 0.781. The fourth-order valence-electron chi connectivity index (χ4n) is 5.04. The van der Waals surface area contributed by atoms with Crippen molar-refractivity contribution in [3.8, 4) is 0 Å².